The van der Waals surface area contributed by atoms with Gasteiger partial charge in [-0.15, -0.1) is 0 Å². The Morgan fingerprint density at radius 1 is 1.55 bits per heavy atom. The van der Waals surface area contributed by atoms with Gasteiger partial charge in [0.2, 0.25) is 0 Å². The molecule has 0 N–H and O–H groups in total. The van der Waals surface area contributed by atoms with Crippen LogP contribution in [0.25, 0.3) is 0 Å². The van der Waals surface area contributed by atoms with Gasteiger partial charge in [0.25, 0.3) is 0 Å². The minimum atomic E-state index is 1.03. The van der Waals surface area contributed by atoms with Crippen molar-refractivity contribution in [3.8, 4) is 0 Å². The fraction of sp³-hybridized carbons (Fsp3) is 0.400. The average molecular weight is 168 g/mol. The molecule has 0 aliphatic rings. The summed E-state index contributed by atoms with van der Waals surface area (Å²) in [7, 11) is 0. The highest BCUT2D eigenvalue weighted by Gasteiger charge is 1.93. The molecule has 0 radical (unpaired) electrons. The fourth-order valence-corrected chi connectivity index (χ4v) is 0.895. The zero-order valence-corrected chi connectivity index (χ0v) is 8.20. The van der Waals surface area contributed by atoms with Gasteiger partial charge in [0, 0.05) is 0 Å². The van der Waals surface area contributed by atoms with E-state index in [2.05, 4.69) is 31.4 Å². The lowest BCUT2D eigenvalue weighted by molar-refractivity contribution is 0.989. The van der Waals surface area contributed by atoms with E-state index in [9.17, 15) is 0 Å². The summed E-state index contributed by atoms with van der Waals surface area (Å²) >= 11 is 4.06. The van der Waals surface area contributed by atoms with Crippen molar-refractivity contribution in [2.45, 2.75) is 26.7 Å². The molecule has 1 heteroatoms. The van der Waals surface area contributed by atoms with Crippen LogP contribution in [0.2, 0.25) is 0 Å². The minimum absolute atomic E-state index is 1.03. The van der Waals surface area contributed by atoms with E-state index in [0.717, 1.165) is 12.8 Å². The van der Waals surface area contributed by atoms with Gasteiger partial charge in [-0.3, -0.25) is 0 Å². The summed E-state index contributed by atoms with van der Waals surface area (Å²) in [6.45, 7) is 8.01. The van der Waals surface area contributed by atoms with Gasteiger partial charge in [0.05, 0.1) is 0 Å². The molecule has 11 heavy (non-hydrogen) atoms. The summed E-state index contributed by atoms with van der Waals surface area (Å²) < 4.78 is 0. The van der Waals surface area contributed by atoms with Gasteiger partial charge < -0.3 is 0 Å². The van der Waals surface area contributed by atoms with Crippen LogP contribution in [0.15, 0.2) is 35.3 Å². The van der Waals surface area contributed by atoms with Gasteiger partial charge in [0.1, 0.15) is 0 Å². The van der Waals surface area contributed by atoms with Gasteiger partial charge in [-0.05, 0) is 37.7 Å². The molecule has 0 aromatic rings. The Morgan fingerprint density at radius 3 is 2.64 bits per heavy atom. The highest BCUT2D eigenvalue weighted by Crippen LogP contribution is 2.13. The first-order chi connectivity index (χ1) is 5.22. The summed E-state index contributed by atoms with van der Waals surface area (Å²) in [5.41, 5.74) is 2.36. The quantitative estimate of drug-likeness (QED) is 0.369. The highest BCUT2D eigenvalue weighted by molar-refractivity contribution is 7.83. The monoisotopic (exact) mass is 168 g/mol. The lowest BCUT2D eigenvalue weighted by Gasteiger charge is -2.01. The lowest BCUT2D eigenvalue weighted by atomic mass is 10.1. The Hall–Kier alpha value is -0.430. The number of hydrogen-bond acceptors (Lipinski definition) is 1. The highest BCUT2D eigenvalue weighted by atomic mass is 32.1. The van der Waals surface area contributed by atoms with Crippen LogP contribution in [0, 0.1) is 0 Å². The van der Waals surface area contributed by atoms with E-state index >= 15 is 0 Å². The van der Waals surface area contributed by atoms with Gasteiger partial charge in [-0.1, -0.05) is 24.3 Å². The molecule has 0 rings (SSSR count). The lowest BCUT2D eigenvalue weighted by Crippen LogP contribution is -1.81. The van der Waals surface area contributed by atoms with Crippen molar-refractivity contribution in [2.24, 2.45) is 0 Å². The van der Waals surface area contributed by atoms with Crippen molar-refractivity contribution in [1.82, 2.24) is 0 Å². The molecule has 0 spiro atoms. The largest absolute Gasteiger partial charge is 0.151 e. The average Bonchev–Trinajstić information content (AvgIpc) is 2.03. The second-order valence-electron chi connectivity index (χ2n) is 2.52. The molecule has 0 aliphatic heterocycles. The normalized spacial score (nSPS) is 12.5. The Labute approximate surface area is 75.1 Å². The smallest absolute Gasteiger partial charge is 0.0247 e. The minimum Gasteiger partial charge on any atom is -0.151 e. The first kappa shape index (κ1) is 10.6. The predicted molar refractivity (Wildman–Crippen MR) is 55.9 cm³/mol. The topological polar surface area (TPSA) is 0 Å². The van der Waals surface area contributed by atoms with E-state index in [0.29, 0.717) is 0 Å². The second kappa shape index (κ2) is 6.29. The maximum atomic E-state index is 4.06. The van der Waals surface area contributed by atoms with Crippen LogP contribution in [0.5, 0.6) is 0 Å². The van der Waals surface area contributed by atoms with E-state index < -0.39 is 0 Å². The van der Waals surface area contributed by atoms with Crippen molar-refractivity contribution in [3.05, 3.63) is 35.3 Å². The third-order valence-electron chi connectivity index (χ3n) is 1.60. The Balaban J connectivity index is 3.70. The summed E-state index contributed by atoms with van der Waals surface area (Å²) in [5.74, 6) is 0. The van der Waals surface area contributed by atoms with E-state index in [-0.39, 0.29) is 0 Å². The molecule has 0 nitrogen and oxygen atoms in total. The van der Waals surface area contributed by atoms with E-state index in [1.807, 2.05) is 13.8 Å². The van der Waals surface area contributed by atoms with Crippen LogP contribution in [-0.4, -0.2) is 0 Å². The fourth-order valence-electron chi connectivity index (χ4n) is 0.713. The molecule has 0 unspecified atom stereocenters. The number of hydrogen-bond donors (Lipinski definition) is 1. The first-order valence-corrected chi connectivity index (χ1v) is 4.34. The Kier molecular flexibility index (Phi) is 6.05. The SMILES string of the molecule is C=C(CC/C=C\C)/C(C)=C\S. The summed E-state index contributed by atoms with van der Waals surface area (Å²) in [6, 6.07) is 0. The van der Waals surface area contributed by atoms with Crippen molar-refractivity contribution >= 4 is 12.6 Å². The molecule has 0 saturated heterocycles. The molecule has 0 atom stereocenters. The maximum absolute atomic E-state index is 4.06. The molecule has 62 valence electrons. The van der Waals surface area contributed by atoms with Crippen LogP contribution in [0.3, 0.4) is 0 Å². The summed E-state index contributed by atoms with van der Waals surface area (Å²) in [5, 5.41) is 1.80. The van der Waals surface area contributed by atoms with Gasteiger partial charge in [0.15, 0.2) is 0 Å². The molecular formula is C10H16S. The van der Waals surface area contributed by atoms with Crippen molar-refractivity contribution in [1.29, 1.82) is 0 Å². The van der Waals surface area contributed by atoms with Gasteiger partial charge >= 0.3 is 0 Å². The summed E-state index contributed by atoms with van der Waals surface area (Å²) in [6.07, 6.45) is 6.32. The van der Waals surface area contributed by atoms with Crippen LogP contribution in [0.4, 0.5) is 0 Å². The molecule has 0 aromatic heterocycles. The van der Waals surface area contributed by atoms with Gasteiger partial charge in [-0.2, -0.15) is 12.6 Å². The summed E-state index contributed by atoms with van der Waals surface area (Å²) in [4.78, 5) is 0. The number of thiol groups is 1. The maximum Gasteiger partial charge on any atom is -0.0247 e. The van der Waals surface area contributed by atoms with Crippen LogP contribution >= 0.6 is 12.6 Å². The van der Waals surface area contributed by atoms with Crippen LogP contribution < -0.4 is 0 Å². The van der Waals surface area contributed by atoms with E-state index in [4.69, 9.17) is 0 Å². The van der Waals surface area contributed by atoms with Crippen LogP contribution in [0.1, 0.15) is 26.7 Å². The van der Waals surface area contributed by atoms with Crippen molar-refractivity contribution in [2.75, 3.05) is 0 Å². The zero-order valence-electron chi connectivity index (χ0n) is 7.30. The molecule has 0 heterocycles. The Bertz CT molecular complexity index is 175. The molecule has 0 bridgehead atoms. The predicted octanol–water partition coefficient (Wildman–Crippen LogP) is 3.73. The number of rotatable bonds is 4. The molecule has 0 amide bonds. The molecule has 0 saturated carbocycles. The number of allylic oxidation sites excluding steroid dienone is 4. The zero-order chi connectivity index (χ0) is 8.69. The van der Waals surface area contributed by atoms with Crippen molar-refractivity contribution < 1.29 is 0 Å². The molecule has 0 aromatic carbocycles. The third kappa shape index (κ3) is 4.91. The molecule has 0 aliphatic carbocycles. The second-order valence-corrected chi connectivity index (χ2v) is 2.78. The van der Waals surface area contributed by atoms with E-state index in [1.165, 1.54) is 11.1 Å². The first-order valence-electron chi connectivity index (χ1n) is 3.82. The van der Waals surface area contributed by atoms with Crippen LogP contribution in [-0.2, 0) is 0 Å². The Morgan fingerprint density at radius 2 is 2.18 bits per heavy atom. The van der Waals surface area contributed by atoms with Crippen molar-refractivity contribution in [3.63, 3.8) is 0 Å². The molecule has 0 fully saturated rings. The standard InChI is InChI=1S/C10H16S/c1-4-5-6-7-9(2)10(3)8-11/h4-5,8,11H,2,6-7H2,1,3H3/b5-4-,10-8-. The van der Waals surface area contributed by atoms with Gasteiger partial charge in [-0.25, -0.2) is 0 Å². The molecular weight excluding hydrogens is 152 g/mol. The van der Waals surface area contributed by atoms with E-state index in [1.54, 1.807) is 5.41 Å². The third-order valence-corrected chi connectivity index (χ3v) is 1.99.